The average Bonchev–Trinajstić information content (AvgIpc) is 2.63. The Hall–Kier alpha value is -2.09. The normalized spacial score (nSPS) is 16.3. The zero-order chi connectivity index (χ0) is 17.6. The molecule has 1 unspecified atom stereocenters. The predicted octanol–water partition coefficient (Wildman–Crippen LogP) is 5.76. The van der Waals surface area contributed by atoms with Gasteiger partial charge in [-0.2, -0.15) is 0 Å². The van der Waals surface area contributed by atoms with Crippen LogP contribution in [0.2, 0.25) is 0 Å². The second-order valence-corrected chi connectivity index (χ2v) is 7.16. The Morgan fingerprint density at radius 1 is 1.04 bits per heavy atom. The van der Waals surface area contributed by atoms with Crippen LogP contribution < -0.4 is 4.74 Å². The second-order valence-electron chi connectivity index (χ2n) is 7.16. The number of carbonyl (C=O) groups is 1. The van der Waals surface area contributed by atoms with E-state index in [0.717, 1.165) is 31.6 Å². The van der Waals surface area contributed by atoms with E-state index in [2.05, 4.69) is 19.9 Å². The number of fused-ring (bicyclic) bond motifs is 1. The van der Waals surface area contributed by atoms with Gasteiger partial charge >= 0.3 is 5.97 Å². The van der Waals surface area contributed by atoms with Crippen LogP contribution in [-0.4, -0.2) is 5.97 Å². The maximum Gasteiger partial charge on any atom is 0.343 e. The van der Waals surface area contributed by atoms with Gasteiger partial charge in [-0.15, -0.1) is 0 Å². The molecule has 0 saturated carbocycles. The Balaban J connectivity index is 1.67. The summed E-state index contributed by atoms with van der Waals surface area (Å²) in [5.41, 5.74) is 4.66. The molecule has 0 amide bonds. The first-order valence-electron chi connectivity index (χ1n) is 9.62. The number of rotatable bonds is 6. The number of esters is 1. The Bertz CT molecular complexity index is 715. The molecule has 0 radical (unpaired) electrons. The molecule has 1 atom stereocenters. The third-order valence-corrected chi connectivity index (χ3v) is 5.14. The van der Waals surface area contributed by atoms with E-state index in [0.29, 0.717) is 11.3 Å². The molecule has 3 rings (SSSR count). The van der Waals surface area contributed by atoms with E-state index in [-0.39, 0.29) is 5.97 Å². The number of aryl methyl sites for hydroxylation is 2. The summed E-state index contributed by atoms with van der Waals surface area (Å²) in [6.45, 7) is 4.41. The SMILES string of the molecule is CCCc1ccc(OC(=O)c2ccc3c(c2)CCC(CCC)C3)cc1. The molecule has 0 aliphatic heterocycles. The van der Waals surface area contributed by atoms with Gasteiger partial charge in [0.1, 0.15) is 5.75 Å². The molecular formula is C23H28O2. The summed E-state index contributed by atoms with van der Waals surface area (Å²) in [6.07, 6.45) is 8.19. The zero-order valence-electron chi connectivity index (χ0n) is 15.4. The monoisotopic (exact) mass is 336 g/mol. The van der Waals surface area contributed by atoms with Crippen LogP contribution in [0.4, 0.5) is 0 Å². The maximum absolute atomic E-state index is 12.5. The molecule has 0 aromatic heterocycles. The van der Waals surface area contributed by atoms with Crippen molar-refractivity contribution in [2.24, 2.45) is 5.92 Å². The van der Waals surface area contributed by atoms with Crippen LogP contribution >= 0.6 is 0 Å². The molecule has 132 valence electrons. The summed E-state index contributed by atoms with van der Waals surface area (Å²) >= 11 is 0. The van der Waals surface area contributed by atoms with Gasteiger partial charge in [0.25, 0.3) is 0 Å². The van der Waals surface area contributed by atoms with Crippen molar-refractivity contribution in [3.05, 3.63) is 64.7 Å². The van der Waals surface area contributed by atoms with Crippen molar-refractivity contribution in [1.82, 2.24) is 0 Å². The van der Waals surface area contributed by atoms with E-state index in [4.69, 9.17) is 4.74 Å². The molecule has 0 heterocycles. The molecule has 2 aromatic rings. The van der Waals surface area contributed by atoms with E-state index in [1.165, 1.54) is 36.0 Å². The highest BCUT2D eigenvalue weighted by Crippen LogP contribution is 2.29. The molecule has 1 aliphatic carbocycles. The van der Waals surface area contributed by atoms with Gasteiger partial charge in [-0.05, 0) is 72.6 Å². The highest BCUT2D eigenvalue weighted by Gasteiger charge is 2.19. The second kappa shape index (κ2) is 8.33. The first kappa shape index (κ1) is 17.7. The molecule has 0 N–H and O–H groups in total. The molecule has 1 aliphatic rings. The fraction of sp³-hybridized carbons (Fsp3) is 0.435. The molecule has 0 fully saturated rings. The molecule has 0 spiro atoms. The Morgan fingerprint density at radius 2 is 1.84 bits per heavy atom. The minimum absolute atomic E-state index is 0.262. The third kappa shape index (κ3) is 4.50. The summed E-state index contributed by atoms with van der Waals surface area (Å²) in [4.78, 5) is 12.5. The van der Waals surface area contributed by atoms with Gasteiger partial charge in [-0.1, -0.05) is 51.3 Å². The van der Waals surface area contributed by atoms with Gasteiger partial charge in [0.05, 0.1) is 5.56 Å². The summed E-state index contributed by atoms with van der Waals surface area (Å²) in [7, 11) is 0. The van der Waals surface area contributed by atoms with E-state index in [1.54, 1.807) is 0 Å². The van der Waals surface area contributed by atoms with Crippen LogP contribution in [0.3, 0.4) is 0 Å². The van der Waals surface area contributed by atoms with Crippen molar-refractivity contribution in [3.63, 3.8) is 0 Å². The van der Waals surface area contributed by atoms with Gasteiger partial charge in [-0.3, -0.25) is 0 Å². The lowest BCUT2D eigenvalue weighted by Gasteiger charge is -2.24. The Labute approximate surface area is 151 Å². The lowest BCUT2D eigenvalue weighted by Crippen LogP contribution is -2.16. The largest absolute Gasteiger partial charge is 0.423 e. The maximum atomic E-state index is 12.5. The fourth-order valence-corrected chi connectivity index (χ4v) is 3.79. The minimum atomic E-state index is -0.262. The molecule has 25 heavy (non-hydrogen) atoms. The van der Waals surface area contributed by atoms with Crippen LogP contribution in [0.5, 0.6) is 5.75 Å². The number of carbonyl (C=O) groups excluding carboxylic acids is 1. The molecule has 2 nitrogen and oxygen atoms in total. The van der Waals surface area contributed by atoms with Gasteiger partial charge in [0, 0.05) is 0 Å². The van der Waals surface area contributed by atoms with Crippen LogP contribution in [0.25, 0.3) is 0 Å². The smallest absolute Gasteiger partial charge is 0.343 e. The number of hydrogen-bond acceptors (Lipinski definition) is 2. The zero-order valence-corrected chi connectivity index (χ0v) is 15.4. The minimum Gasteiger partial charge on any atom is -0.423 e. The molecule has 2 heteroatoms. The van der Waals surface area contributed by atoms with Gasteiger partial charge in [-0.25, -0.2) is 4.79 Å². The summed E-state index contributed by atoms with van der Waals surface area (Å²) in [6, 6.07) is 13.9. The van der Waals surface area contributed by atoms with Gasteiger partial charge in [0.2, 0.25) is 0 Å². The van der Waals surface area contributed by atoms with Crippen LogP contribution in [0.15, 0.2) is 42.5 Å². The van der Waals surface area contributed by atoms with E-state index in [1.807, 2.05) is 36.4 Å². The summed E-state index contributed by atoms with van der Waals surface area (Å²) in [5.74, 6) is 1.16. The predicted molar refractivity (Wildman–Crippen MR) is 102 cm³/mol. The third-order valence-electron chi connectivity index (χ3n) is 5.14. The first-order valence-corrected chi connectivity index (χ1v) is 9.62. The Kier molecular flexibility index (Phi) is 5.91. The fourth-order valence-electron chi connectivity index (χ4n) is 3.79. The average molecular weight is 336 g/mol. The summed E-state index contributed by atoms with van der Waals surface area (Å²) in [5, 5.41) is 0. The lowest BCUT2D eigenvalue weighted by molar-refractivity contribution is 0.0734. The first-order chi connectivity index (χ1) is 12.2. The van der Waals surface area contributed by atoms with Gasteiger partial charge < -0.3 is 4.74 Å². The van der Waals surface area contributed by atoms with Crippen molar-refractivity contribution >= 4 is 5.97 Å². The summed E-state index contributed by atoms with van der Waals surface area (Å²) < 4.78 is 5.55. The number of ether oxygens (including phenoxy) is 1. The van der Waals surface area contributed by atoms with Crippen molar-refractivity contribution in [3.8, 4) is 5.75 Å². The van der Waals surface area contributed by atoms with E-state index in [9.17, 15) is 4.79 Å². The topological polar surface area (TPSA) is 26.3 Å². The standard InChI is InChI=1S/C23H28O2/c1-3-5-17-8-13-22(14-9-17)25-23(24)21-12-11-19-15-18(6-4-2)7-10-20(19)16-21/h8-9,11-14,16,18H,3-7,10,15H2,1-2H3. The highest BCUT2D eigenvalue weighted by molar-refractivity contribution is 5.91. The van der Waals surface area contributed by atoms with Gasteiger partial charge in [0.15, 0.2) is 0 Å². The lowest BCUT2D eigenvalue weighted by atomic mass is 9.81. The quantitative estimate of drug-likeness (QED) is 0.495. The van der Waals surface area contributed by atoms with Crippen LogP contribution in [-0.2, 0) is 19.3 Å². The number of benzene rings is 2. The van der Waals surface area contributed by atoms with E-state index >= 15 is 0 Å². The van der Waals surface area contributed by atoms with Crippen LogP contribution in [0.1, 0.15) is 66.6 Å². The van der Waals surface area contributed by atoms with Crippen molar-refractivity contribution in [2.45, 2.75) is 58.8 Å². The molecule has 0 saturated heterocycles. The Morgan fingerprint density at radius 3 is 2.56 bits per heavy atom. The molecule has 2 aromatic carbocycles. The molecule has 0 bridgehead atoms. The highest BCUT2D eigenvalue weighted by atomic mass is 16.5. The number of hydrogen-bond donors (Lipinski definition) is 0. The van der Waals surface area contributed by atoms with Crippen molar-refractivity contribution in [2.75, 3.05) is 0 Å². The van der Waals surface area contributed by atoms with E-state index < -0.39 is 0 Å². The van der Waals surface area contributed by atoms with Crippen molar-refractivity contribution in [1.29, 1.82) is 0 Å². The van der Waals surface area contributed by atoms with Crippen LogP contribution in [0, 0.1) is 5.92 Å². The van der Waals surface area contributed by atoms with Crippen molar-refractivity contribution < 1.29 is 9.53 Å². The molecular weight excluding hydrogens is 308 g/mol.